The molecule has 1 aliphatic rings. The number of rotatable bonds is 5. The van der Waals surface area contributed by atoms with E-state index in [9.17, 15) is 4.79 Å². The van der Waals surface area contributed by atoms with Gasteiger partial charge in [-0.15, -0.1) is 0 Å². The van der Waals surface area contributed by atoms with Gasteiger partial charge in [0.25, 0.3) is 5.91 Å². The van der Waals surface area contributed by atoms with Crippen molar-refractivity contribution in [1.29, 1.82) is 0 Å². The maximum Gasteiger partial charge on any atom is 0.271 e. The number of carbonyl (C=O) groups excluding carboxylic acids is 1. The highest BCUT2D eigenvalue weighted by molar-refractivity contribution is 5.91. The summed E-state index contributed by atoms with van der Waals surface area (Å²) in [6, 6.07) is 2.07. The van der Waals surface area contributed by atoms with Gasteiger partial charge in [-0.3, -0.25) is 19.4 Å². The van der Waals surface area contributed by atoms with Crippen molar-refractivity contribution in [2.75, 3.05) is 6.54 Å². The van der Waals surface area contributed by atoms with E-state index >= 15 is 0 Å². The van der Waals surface area contributed by atoms with Crippen LogP contribution in [0.5, 0.6) is 0 Å². The van der Waals surface area contributed by atoms with Crippen LogP contribution in [0.15, 0.2) is 43.2 Å². The number of amides is 1. The van der Waals surface area contributed by atoms with Crippen LogP contribution >= 0.6 is 0 Å². The summed E-state index contributed by atoms with van der Waals surface area (Å²) >= 11 is 0. The summed E-state index contributed by atoms with van der Waals surface area (Å²) in [5.74, 6) is 0.785. The molecule has 7 nitrogen and oxygen atoms in total. The zero-order valence-electron chi connectivity index (χ0n) is 16.9. The van der Waals surface area contributed by atoms with Gasteiger partial charge in [0.2, 0.25) is 0 Å². The lowest BCUT2D eigenvalue weighted by atomic mass is 9.79. The van der Waals surface area contributed by atoms with Crippen molar-refractivity contribution < 1.29 is 4.79 Å². The Hall–Kier alpha value is -3.09. The second-order valence-electron chi connectivity index (χ2n) is 7.81. The minimum absolute atomic E-state index is 0.152. The number of hydrogen-bond donors (Lipinski definition) is 1. The molecule has 3 heterocycles. The molecule has 0 radical (unpaired) electrons. The average molecular weight is 390 g/mol. The fraction of sp³-hybridized carbons (Fsp3) is 0.409. The minimum Gasteiger partial charge on any atom is -0.350 e. The summed E-state index contributed by atoms with van der Waals surface area (Å²) in [5.41, 5.74) is 5.14. The number of hydrogen-bond acceptors (Lipinski definition) is 5. The highest BCUT2D eigenvalue weighted by atomic mass is 16.1. The van der Waals surface area contributed by atoms with E-state index in [0.717, 1.165) is 25.7 Å². The largest absolute Gasteiger partial charge is 0.350 e. The van der Waals surface area contributed by atoms with Crippen LogP contribution in [0.4, 0.5) is 0 Å². The zero-order chi connectivity index (χ0) is 20.2. The molecule has 0 saturated heterocycles. The van der Waals surface area contributed by atoms with Crippen LogP contribution in [0.1, 0.15) is 53.3 Å². The highest BCUT2D eigenvalue weighted by Crippen LogP contribution is 2.39. The van der Waals surface area contributed by atoms with E-state index in [0.29, 0.717) is 24.1 Å². The Morgan fingerprint density at radius 2 is 1.90 bits per heavy atom. The molecule has 0 aliphatic heterocycles. The van der Waals surface area contributed by atoms with Crippen molar-refractivity contribution in [3.63, 3.8) is 0 Å². The molecule has 3 aromatic heterocycles. The molecule has 3 aromatic rings. The lowest BCUT2D eigenvalue weighted by Crippen LogP contribution is -2.31. The fourth-order valence-corrected chi connectivity index (χ4v) is 4.17. The van der Waals surface area contributed by atoms with E-state index in [1.807, 2.05) is 24.1 Å². The maximum atomic E-state index is 12.2. The van der Waals surface area contributed by atoms with E-state index in [4.69, 9.17) is 5.10 Å². The van der Waals surface area contributed by atoms with Crippen molar-refractivity contribution in [2.24, 2.45) is 13.0 Å². The van der Waals surface area contributed by atoms with Gasteiger partial charge in [0.05, 0.1) is 11.9 Å². The van der Waals surface area contributed by atoms with Gasteiger partial charge in [-0.25, -0.2) is 4.98 Å². The topological polar surface area (TPSA) is 85.6 Å². The lowest BCUT2D eigenvalue weighted by Gasteiger charge is -2.28. The van der Waals surface area contributed by atoms with Gasteiger partial charge >= 0.3 is 0 Å². The molecule has 0 spiro atoms. The van der Waals surface area contributed by atoms with E-state index < -0.39 is 0 Å². The first-order chi connectivity index (χ1) is 14.1. The summed E-state index contributed by atoms with van der Waals surface area (Å²) in [6.45, 7) is 2.77. The molecule has 1 saturated carbocycles. The SMILES string of the molecule is Cc1cnccc1-c1cn(C)nc1C1CCC(CNC(=O)c2cnccn2)CC1. The first-order valence-electron chi connectivity index (χ1n) is 10.1. The van der Waals surface area contributed by atoms with Crippen LogP contribution < -0.4 is 5.32 Å². The van der Waals surface area contributed by atoms with Crippen LogP contribution in [0, 0.1) is 12.8 Å². The Morgan fingerprint density at radius 3 is 2.62 bits per heavy atom. The van der Waals surface area contributed by atoms with Crippen LogP contribution in [0.2, 0.25) is 0 Å². The Balaban J connectivity index is 1.38. The third-order valence-electron chi connectivity index (χ3n) is 5.75. The molecule has 0 aromatic carbocycles. The molecule has 0 atom stereocenters. The Morgan fingerprint density at radius 1 is 1.10 bits per heavy atom. The molecule has 1 N–H and O–H groups in total. The van der Waals surface area contributed by atoms with E-state index in [1.165, 1.54) is 34.8 Å². The van der Waals surface area contributed by atoms with Gasteiger partial charge in [0, 0.05) is 56.1 Å². The molecule has 4 rings (SSSR count). The molecule has 150 valence electrons. The van der Waals surface area contributed by atoms with Crippen LogP contribution in [-0.4, -0.2) is 37.2 Å². The normalized spacial score (nSPS) is 19.1. The quantitative estimate of drug-likeness (QED) is 0.722. The zero-order valence-corrected chi connectivity index (χ0v) is 16.9. The van der Waals surface area contributed by atoms with Gasteiger partial charge < -0.3 is 5.32 Å². The summed E-state index contributed by atoms with van der Waals surface area (Å²) in [4.78, 5) is 24.4. The molecule has 1 aliphatic carbocycles. The summed E-state index contributed by atoms with van der Waals surface area (Å²) < 4.78 is 1.91. The van der Waals surface area contributed by atoms with Gasteiger partial charge in [-0.2, -0.15) is 5.10 Å². The molecule has 7 heteroatoms. The van der Waals surface area contributed by atoms with Gasteiger partial charge in [-0.05, 0) is 55.7 Å². The molecular formula is C22H26N6O. The van der Waals surface area contributed by atoms with Gasteiger partial charge in [0.1, 0.15) is 5.69 Å². The van der Waals surface area contributed by atoms with E-state index in [1.54, 1.807) is 6.20 Å². The summed E-state index contributed by atoms with van der Waals surface area (Å²) in [5, 5.41) is 7.81. The molecule has 29 heavy (non-hydrogen) atoms. The van der Waals surface area contributed by atoms with Gasteiger partial charge in [-0.1, -0.05) is 0 Å². The van der Waals surface area contributed by atoms with E-state index in [-0.39, 0.29) is 5.91 Å². The van der Waals surface area contributed by atoms with Gasteiger partial charge in [0.15, 0.2) is 0 Å². The first-order valence-corrected chi connectivity index (χ1v) is 10.1. The van der Waals surface area contributed by atoms with Crippen molar-refractivity contribution in [3.8, 4) is 11.1 Å². The Bertz CT molecular complexity index is 976. The van der Waals surface area contributed by atoms with E-state index in [2.05, 4.69) is 39.5 Å². The third-order valence-corrected chi connectivity index (χ3v) is 5.75. The van der Waals surface area contributed by atoms with Crippen LogP contribution in [-0.2, 0) is 7.05 Å². The number of aryl methyl sites for hydroxylation is 2. The number of carbonyl (C=O) groups is 1. The molecular weight excluding hydrogens is 364 g/mol. The minimum atomic E-state index is -0.152. The van der Waals surface area contributed by atoms with Crippen molar-refractivity contribution in [3.05, 3.63) is 60.2 Å². The predicted molar refractivity (Wildman–Crippen MR) is 110 cm³/mol. The van der Waals surface area contributed by atoms with Crippen molar-refractivity contribution in [2.45, 2.75) is 38.5 Å². The standard InChI is InChI=1S/C22H26N6O/c1-15-11-23-8-7-18(15)19-14-28(2)27-21(19)17-5-3-16(4-6-17)12-26-22(29)20-13-24-9-10-25-20/h7-11,13-14,16-17H,3-6,12H2,1-2H3,(H,26,29). The van der Waals surface area contributed by atoms with Crippen molar-refractivity contribution in [1.82, 2.24) is 30.0 Å². The fourth-order valence-electron chi connectivity index (χ4n) is 4.17. The monoisotopic (exact) mass is 390 g/mol. The second kappa shape index (κ2) is 8.51. The van der Waals surface area contributed by atoms with Crippen LogP contribution in [0.3, 0.4) is 0 Å². The number of nitrogens with one attached hydrogen (secondary N) is 1. The molecule has 1 fully saturated rings. The Labute approximate surface area is 170 Å². The average Bonchev–Trinajstić information content (AvgIpc) is 3.14. The predicted octanol–water partition coefficient (Wildman–Crippen LogP) is 3.28. The van der Waals surface area contributed by atoms with Crippen molar-refractivity contribution >= 4 is 5.91 Å². The summed E-state index contributed by atoms with van der Waals surface area (Å²) in [6.07, 6.45) is 14.8. The maximum absolute atomic E-state index is 12.2. The highest BCUT2D eigenvalue weighted by Gasteiger charge is 2.27. The number of nitrogens with zero attached hydrogens (tertiary/aromatic N) is 5. The molecule has 0 unspecified atom stereocenters. The van der Waals surface area contributed by atoms with Crippen LogP contribution in [0.25, 0.3) is 11.1 Å². The summed E-state index contributed by atoms with van der Waals surface area (Å²) in [7, 11) is 1.98. The smallest absolute Gasteiger partial charge is 0.271 e. The second-order valence-corrected chi connectivity index (χ2v) is 7.81. The number of pyridine rings is 1. The first kappa shape index (κ1) is 19.2. The number of aromatic nitrogens is 5. The Kier molecular flexibility index (Phi) is 5.64. The molecule has 0 bridgehead atoms. The lowest BCUT2D eigenvalue weighted by molar-refractivity contribution is 0.0937. The molecule has 1 amide bonds. The third kappa shape index (κ3) is 4.34.